The molecule has 0 aromatic heterocycles. The molecule has 1 rings (SSSR count). The summed E-state index contributed by atoms with van der Waals surface area (Å²) in [6, 6.07) is 0.457. The van der Waals surface area contributed by atoms with Gasteiger partial charge in [0.05, 0.1) is 0 Å². The molecule has 1 saturated heterocycles. The van der Waals surface area contributed by atoms with E-state index in [1.54, 1.807) is 0 Å². The molecule has 1 aliphatic heterocycles. The van der Waals surface area contributed by atoms with Gasteiger partial charge < -0.3 is 15.7 Å². The van der Waals surface area contributed by atoms with Crippen LogP contribution in [0.1, 0.15) is 46.0 Å². The second-order valence-electron chi connectivity index (χ2n) is 5.27. The van der Waals surface area contributed by atoms with Crippen LogP contribution >= 0.6 is 0 Å². The first-order chi connectivity index (χ1) is 8.49. The summed E-state index contributed by atoms with van der Waals surface area (Å²) in [7, 11) is 0. The molecule has 1 heterocycles. The van der Waals surface area contributed by atoms with Crippen molar-refractivity contribution in [3.05, 3.63) is 0 Å². The van der Waals surface area contributed by atoms with E-state index in [2.05, 4.69) is 17.6 Å². The van der Waals surface area contributed by atoms with Gasteiger partial charge in [0, 0.05) is 24.4 Å². The Morgan fingerprint density at radius 1 is 1.50 bits per heavy atom. The van der Waals surface area contributed by atoms with Crippen molar-refractivity contribution in [1.82, 2.24) is 10.6 Å². The Labute approximate surface area is 108 Å². The molecule has 5 heteroatoms. The molecule has 18 heavy (non-hydrogen) atoms. The topological polar surface area (TPSA) is 78.4 Å². The Morgan fingerprint density at radius 2 is 2.22 bits per heavy atom. The smallest absolute Gasteiger partial charge is 0.303 e. The van der Waals surface area contributed by atoms with Crippen LogP contribution in [0.15, 0.2) is 0 Å². The van der Waals surface area contributed by atoms with Gasteiger partial charge in [-0.15, -0.1) is 0 Å². The molecule has 0 aromatic carbocycles. The third-order valence-electron chi connectivity index (χ3n) is 3.41. The zero-order chi connectivity index (χ0) is 13.5. The van der Waals surface area contributed by atoms with Crippen molar-refractivity contribution < 1.29 is 14.7 Å². The average Bonchev–Trinajstić information content (AvgIpc) is 2.28. The number of hydrogen-bond acceptors (Lipinski definition) is 3. The highest BCUT2D eigenvalue weighted by Crippen LogP contribution is 2.16. The van der Waals surface area contributed by atoms with Crippen molar-refractivity contribution in [3.63, 3.8) is 0 Å². The van der Waals surface area contributed by atoms with Gasteiger partial charge in [-0.2, -0.15) is 0 Å². The molecule has 5 nitrogen and oxygen atoms in total. The maximum atomic E-state index is 12.0. The van der Waals surface area contributed by atoms with Gasteiger partial charge in [0.25, 0.3) is 0 Å². The molecule has 0 saturated carbocycles. The van der Waals surface area contributed by atoms with Gasteiger partial charge in [-0.05, 0) is 46.1 Å². The summed E-state index contributed by atoms with van der Waals surface area (Å²) in [6.45, 7) is 4.92. The maximum Gasteiger partial charge on any atom is 0.303 e. The van der Waals surface area contributed by atoms with Gasteiger partial charge >= 0.3 is 5.97 Å². The van der Waals surface area contributed by atoms with Crippen molar-refractivity contribution in [2.75, 3.05) is 6.54 Å². The number of carboxylic acids is 1. The van der Waals surface area contributed by atoms with E-state index in [4.69, 9.17) is 5.11 Å². The monoisotopic (exact) mass is 256 g/mol. The summed E-state index contributed by atoms with van der Waals surface area (Å²) < 4.78 is 0. The van der Waals surface area contributed by atoms with Crippen molar-refractivity contribution in [2.45, 2.75) is 58.0 Å². The van der Waals surface area contributed by atoms with Crippen LogP contribution in [-0.4, -0.2) is 35.6 Å². The first-order valence-corrected chi connectivity index (χ1v) is 6.74. The fraction of sp³-hybridized carbons (Fsp3) is 0.846. The fourth-order valence-corrected chi connectivity index (χ4v) is 2.36. The molecule has 0 spiro atoms. The molecule has 3 unspecified atom stereocenters. The van der Waals surface area contributed by atoms with Crippen molar-refractivity contribution in [3.8, 4) is 0 Å². The van der Waals surface area contributed by atoms with Crippen LogP contribution < -0.4 is 10.6 Å². The van der Waals surface area contributed by atoms with Gasteiger partial charge in [-0.3, -0.25) is 9.59 Å². The molecule has 3 atom stereocenters. The zero-order valence-corrected chi connectivity index (χ0v) is 11.2. The maximum absolute atomic E-state index is 12.0. The Hall–Kier alpha value is -1.10. The van der Waals surface area contributed by atoms with Crippen LogP contribution in [0.3, 0.4) is 0 Å². The van der Waals surface area contributed by atoms with E-state index in [9.17, 15) is 9.59 Å². The highest BCUT2D eigenvalue weighted by atomic mass is 16.4. The summed E-state index contributed by atoms with van der Waals surface area (Å²) in [5, 5.41) is 14.9. The highest BCUT2D eigenvalue weighted by Gasteiger charge is 2.25. The minimum Gasteiger partial charge on any atom is -0.481 e. The standard InChI is InChI=1S/C13H24N2O3/c1-9(4-3-5-12(16)17)15-13(18)11-6-7-14-10(2)8-11/h9-11,14H,3-8H2,1-2H3,(H,15,18)(H,16,17). The van der Waals surface area contributed by atoms with Crippen LogP contribution in [0.4, 0.5) is 0 Å². The Bertz CT molecular complexity index is 294. The van der Waals surface area contributed by atoms with Crippen LogP contribution in [-0.2, 0) is 9.59 Å². The molecular weight excluding hydrogens is 232 g/mol. The van der Waals surface area contributed by atoms with E-state index in [0.717, 1.165) is 25.8 Å². The second-order valence-corrected chi connectivity index (χ2v) is 5.27. The van der Waals surface area contributed by atoms with Crippen molar-refractivity contribution in [2.24, 2.45) is 5.92 Å². The number of hydrogen-bond donors (Lipinski definition) is 3. The van der Waals surface area contributed by atoms with Gasteiger partial charge in [-0.25, -0.2) is 0 Å². The number of nitrogens with one attached hydrogen (secondary N) is 2. The zero-order valence-electron chi connectivity index (χ0n) is 11.2. The minimum absolute atomic E-state index is 0.0574. The van der Waals surface area contributed by atoms with E-state index in [1.807, 2.05) is 6.92 Å². The molecule has 3 N–H and O–H groups in total. The lowest BCUT2D eigenvalue weighted by Gasteiger charge is -2.28. The Kier molecular flexibility index (Phi) is 6.12. The number of carboxylic acid groups (broad SMARTS) is 1. The molecule has 0 aromatic rings. The third-order valence-corrected chi connectivity index (χ3v) is 3.41. The van der Waals surface area contributed by atoms with Crippen LogP contribution in [0.2, 0.25) is 0 Å². The lowest BCUT2D eigenvalue weighted by atomic mass is 9.92. The predicted octanol–water partition coefficient (Wildman–Crippen LogP) is 1.13. The molecule has 1 amide bonds. The lowest BCUT2D eigenvalue weighted by molar-refractivity contribution is -0.137. The number of piperidine rings is 1. The van der Waals surface area contributed by atoms with Gasteiger partial charge in [0.15, 0.2) is 0 Å². The summed E-state index contributed by atoms with van der Waals surface area (Å²) >= 11 is 0. The van der Waals surface area contributed by atoms with Crippen LogP contribution in [0.5, 0.6) is 0 Å². The summed E-state index contributed by atoms with van der Waals surface area (Å²) in [4.78, 5) is 22.4. The molecule has 0 radical (unpaired) electrons. The Balaban J connectivity index is 2.23. The molecule has 104 valence electrons. The molecular formula is C13H24N2O3. The number of carbonyl (C=O) groups excluding carboxylic acids is 1. The van der Waals surface area contributed by atoms with Gasteiger partial charge in [0.1, 0.15) is 0 Å². The normalized spacial score (nSPS) is 25.4. The van der Waals surface area contributed by atoms with Crippen molar-refractivity contribution in [1.29, 1.82) is 0 Å². The first kappa shape index (κ1) is 15.0. The molecule has 0 bridgehead atoms. The van der Waals surface area contributed by atoms with E-state index >= 15 is 0 Å². The third kappa shape index (κ3) is 5.49. The number of aliphatic carboxylic acids is 1. The van der Waals surface area contributed by atoms with Gasteiger partial charge in [-0.1, -0.05) is 0 Å². The molecule has 1 aliphatic rings. The summed E-state index contributed by atoms with van der Waals surface area (Å²) in [6.07, 6.45) is 3.27. The largest absolute Gasteiger partial charge is 0.481 e. The lowest BCUT2D eigenvalue weighted by Crippen LogP contribution is -2.44. The van der Waals surface area contributed by atoms with Crippen LogP contribution in [0.25, 0.3) is 0 Å². The fourth-order valence-electron chi connectivity index (χ4n) is 2.36. The molecule has 1 fully saturated rings. The van der Waals surface area contributed by atoms with Crippen LogP contribution in [0, 0.1) is 5.92 Å². The predicted molar refractivity (Wildman–Crippen MR) is 69.3 cm³/mol. The minimum atomic E-state index is -0.777. The Morgan fingerprint density at radius 3 is 2.83 bits per heavy atom. The number of carbonyl (C=O) groups is 2. The van der Waals surface area contributed by atoms with E-state index in [1.165, 1.54) is 0 Å². The average molecular weight is 256 g/mol. The quantitative estimate of drug-likeness (QED) is 0.666. The molecule has 0 aliphatic carbocycles. The van der Waals surface area contributed by atoms with E-state index in [-0.39, 0.29) is 24.3 Å². The summed E-state index contributed by atoms with van der Waals surface area (Å²) in [5.41, 5.74) is 0. The van der Waals surface area contributed by atoms with Crippen molar-refractivity contribution >= 4 is 11.9 Å². The highest BCUT2D eigenvalue weighted by molar-refractivity contribution is 5.79. The first-order valence-electron chi connectivity index (χ1n) is 6.74. The van der Waals surface area contributed by atoms with Gasteiger partial charge in [0.2, 0.25) is 5.91 Å². The summed E-state index contributed by atoms with van der Waals surface area (Å²) in [5.74, 6) is -0.560. The SMILES string of the molecule is CC1CC(C(=O)NC(C)CCCC(=O)O)CCN1. The van der Waals surface area contributed by atoms with E-state index < -0.39 is 5.97 Å². The number of amides is 1. The van der Waals surface area contributed by atoms with E-state index in [0.29, 0.717) is 12.5 Å². The number of rotatable bonds is 6. The second kappa shape index (κ2) is 7.36.